The molecule has 0 unspecified atom stereocenters. The van der Waals surface area contributed by atoms with Crippen LogP contribution in [0.5, 0.6) is 0 Å². The molecule has 0 amide bonds. The van der Waals surface area contributed by atoms with Crippen LogP contribution >= 0.6 is 0 Å². The van der Waals surface area contributed by atoms with E-state index in [-0.39, 0.29) is 24.7 Å². The molecule has 0 N–H and O–H groups in total. The first-order valence-electron chi connectivity index (χ1n) is 5.80. The van der Waals surface area contributed by atoms with Crippen LogP contribution in [0.1, 0.15) is 5.56 Å². The Balaban J connectivity index is 2.12. The second kappa shape index (κ2) is 8.18. The lowest BCUT2D eigenvalue weighted by Crippen LogP contribution is -2.19. The Hall–Kier alpha value is -0.980. The molecule has 0 aliphatic rings. The minimum Gasteiger partial charge on any atom is -0.384 e. The van der Waals surface area contributed by atoms with Gasteiger partial charge in [-0.25, -0.2) is 8.42 Å². The van der Waals surface area contributed by atoms with Gasteiger partial charge in [0.1, 0.15) is 0 Å². The molecule has 1 aromatic heterocycles. The van der Waals surface area contributed by atoms with E-state index in [2.05, 4.69) is 4.98 Å². The van der Waals surface area contributed by atoms with Crippen LogP contribution in [0.2, 0.25) is 0 Å². The van der Waals surface area contributed by atoms with Crippen LogP contribution in [0.15, 0.2) is 24.5 Å². The fraction of sp³-hybridized carbons (Fsp3) is 0.583. The Morgan fingerprint density at radius 3 is 2.44 bits per heavy atom. The van der Waals surface area contributed by atoms with Gasteiger partial charge in [0, 0.05) is 19.5 Å². The molecule has 1 aromatic rings. The van der Waals surface area contributed by atoms with Gasteiger partial charge in [-0.3, -0.25) is 4.98 Å². The first-order valence-corrected chi connectivity index (χ1v) is 7.62. The van der Waals surface area contributed by atoms with Gasteiger partial charge in [-0.15, -0.1) is 0 Å². The van der Waals surface area contributed by atoms with Gasteiger partial charge in [0.25, 0.3) is 0 Å². The Labute approximate surface area is 108 Å². The molecule has 0 bridgehead atoms. The van der Waals surface area contributed by atoms with E-state index in [0.29, 0.717) is 6.61 Å². The van der Waals surface area contributed by atoms with Gasteiger partial charge in [0.15, 0.2) is 9.84 Å². The van der Waals surface area contributed by atoms with Gasteiger partial charge in [-0.2, -0.15) is 0 Å². The third-order valence-electron chi connectivity index (χ3n) is 2.42. The molecule has 0 aromatic carbocycles. The molecule has 1 rings (SSSR count). The SMILES string of the molecule is COCCS(=O)(=O)CCOCCc1ccncc1. The lowest BCUT2D eigenvalue weighted by Gasteiger charge is -2.05. The summed E-state index contributed by atoms with van der Waals surface area (Å²) in [6.45, 7) is 0.986. The van der Waals surface area contributed by atoms with Gasteiger partial charge in [0.2, 0.25) is 0 Å². The molecule has 0 radical (unpaired) electrons. The van der Waals surface area contributed by atoms with Crippen LogP contribution in [0.25, 0.3) is 0 Å². The number of pyridine rings is 1. The summed E-state index contributed by atoms with van der Waals surface area (Å²) >= 11 is 0. The van der Waals surface area contributed by atoms with Crippen molar-refractivity contribution in [1.29, 1.82) is 0 Å². The molecule has 18 heavy (non-hydrogen) atoms. The highest BCUT2D eigenvalue weighted by molar-refractivity contribution is 7.91. The Bertz CT molecular complexity index is 419. The van der Waals surface area contributed by atoms with E-state index in [1.165, 1.54) is 7.11 Å². The van der Waals surface area contributed by atoms with E-state index in [1.54, 1.807) is 12.4 Å². The molecule has 0 saturated heterocycles. The van der Waals surface area contributed by atoms with Crippen molar-refractivity contribution in [2.45, 2.75) is 6.42 Å². The van der Waals surface area contributed by atoms with Crippen LogP contribution in [0.3, 0.4) is 0 Å². The summed E-state index contributed by atoms with van der Waals surface area (Å²) in [5.74, 6) is 0.101. The van der Waals surface area contributed by atoms with E-state index in [9.17, 15) is 8.42 Å². The van der Waals surface area contributed by atoms with Crippen molar-refractivity contribution in [3.05, 3.63) is 30.1 Å². The second-order valence-corrected chi connectivity index (χ2v) is 6.17. The normalized spacial score (nSPS) is 11.6. The predicted molar refractivity (Wildman–Crippen MR) is 69.3 cm³/mol. The van der Waals surface area contributed by atoms with E-state index < -0.39 is 9.84 Å². The predicted octanol–water partition coefficient (Wildman–Crippen LogP) is 0.702. The summed E-state index contributed by atoms with van der Waals surface area (Å²) in [6, 6.07) is 3.83. The van der Waals surface area contributed by atoms with Crippen LogP contribution < -0.4 is 0 Å². The van der Waals surface area contributed by atoms with Crippen LogP contribution in [-0.4, -0.2) is 51.8 Å². The van der Waals surface area contributed by atoms with Crippen molar-refractivity contribution < 1.29 is 17.9 Å². The van der Waals surface area contributed by atoms with E-state index in [1.807, 2.05) is 12.1 Å². The lowest BCUT2D eigenvalue weighted by atomic mass is 10.2. The molecule has 0 spiro atoms. The zero-order valence-corrected chi connectivity index (χ0v) is 11.4. The maximum atomic E-state index is 11.5. The van der Waals surface area contributed by atoms with E-state index >= 15 is 0 Å². The summed E-state index contributed by atoms with van der Waals surface area (Å²) in [7, 11) is -1.56. The summed E-state index contributed by atoms with van der Waals surface area (Å²) in [4.78, 5) is 3.92. The number of methoxy groups -OCH3 is 1. The molecule has 102 valence electrons. The minimum atomic E-state index is -3.05. The van der Waals surface area contributed by atoms with Crippen molar-refractivity contribution in [2.75, 3.05) is 38.4 Å². The number of hydrogen-bond acceptors (Lipinski definition) is 5. The van der Waals surface area contributed by atoms with Crippen LogP contribution in [-0.2, 0) is 25.7 Å². The average Bonchev–Trinajstić information content (AvgIpc) is 2.37. The maximum Gasteiger partial charge on any atom is 0.154 e. The quantitative estimate of drug-likeness (QED) is 0.620. The molecular formula is C12H19NO4S. The maximum absolute atomic E-state index is 11.5. The molecule has 0 aliphatic carbocycles. The zero-order valence-electron chi connectivity index (χ0n) is 10.5. The van der Waals surface area contributed by atoms with Crippen molar-refractivity contribution in [1.82, 2.24) is 4.98 Å². The summed E-state index contributed by atoms with van der Waals surface area (Å²) in [5.41, 5.74) is 1.13. The minimum absolute atomic E-state index is 0.0483. The van der Waals surface area contributed by atoms with Gasteiger partial charge in [0.05, 0.1) is 31.3 Å². The molecule has 0 atom stereocenters. The van der Waals surface area contributed by atoms with E-state index in [4.69, 9.17) is 9.47 Å². The molecule has 0 saturated carbocycles. The van der Waals surface area contributed by atoms with Gasteiger partial charge in [-0.05, 0) is 24.1 Å². The molecule has 6 heteroatoms. The van der Waals surface area contributed by atoms with Gasteiger partial charge < -0.3 is 9.47 Å². The molecule has 1 heterocycles. The molecule has 0 fully saturated rings. The van der Waals surface area contributed by atoms with Crippen molar-refractivity contribution >= 4 is 9.84 Å². The highest BCUT2D eigenvalue weighted by Gasteiger charge is 2.09. The second-order valence-electron chi connectivity index (χ2n) is 3.86. The fourth-order valence-electron chi connectivity index (χ4n) is 1.34. The van der Waals surface area contributed by atoms with Crippen LogP contribution in [0.4, 0.5) is 0 Å². The largest absolute Gasteiger partial charge is 0.384 e. The molecule has 5 nitrogen and oxygen atoms in total. The van der Waals surface area contributed by atoms with Crippen molar-refractivity contribution in [3.63, 3.8) is 0 Å². The number of rotatable bonds is 9. The third kappa shape index (κ3) is 6.68. The summed E-state index contributed by atoms with van der Waals surface area (Å²) < 4.78 is 33.0. The van der Waals surface area contributed by atoms with Crippen molar-refractivity contribution in [2.24, 2.45) is 0 Å². The lowest BCUT2D eigenvalue weighted by molar-refractivity contribution is 0.152. The standard InChI is InChI=1S/C12H19NO4S/c1-16-8-10-18(14,15)11-9-17-7-4-12-2-5-13-6-3-12/h2-3,5-6H,4,7-11H2,1H3. The van der Waals surface area contributed by atoms with E-state index in [0.717, 1.165) is 12.0 Å². The van der Waals surface area contributed by atoms with Gasteiger partial charge >= 0.3 is 0 Å². The number of nitrogens with zero attached hydrogens (tertiary/aromatic N) is 1. The first kappa shape index (κ1) is 15.1. The Morgan fingerprint density at radius 1 is 1.11 bits per heavy atom. The highest BCUT2D eigenvalue weighted by atomic mass is 32.2. The third-order valence-corrected chi connectivity index (χ3v) is 4.00. The Kier molecular flexibility index (Phi) is 6.85. The molecule has 0 aliphatic heterocycles. The number of hydrogen-bond donors (Lipinski definition) is 0. The fourth-order valence-corrected chi connectivity index (χ4v) is 2.34. The topological polar surface area (TPSA) is 65.5 Å². The first-order chi connectivity index (χ1) is 8.64. The van der Waals surface area contributed by atoms with Crippen molar-refractivity contribution in [3.8, 4) is 0 Å². The van der Waals surface area contributed by atoms with Gasteiger partial charge in [-0.1, -0.05) is 0 Å². The molecular weight excluding hydrogens is 254 g/mol. The zero-order chi connectivity index (χ0) is 13.3. The number of ether oxygens (including phenoxy) is 2. The summed E-state index contributed by atoms with van der Waals surface area (Å²) in [6.07, 6.45) is 4.22. The smallest absolute Gasteiger partial charge is 0.154 e. The monoisotopic (exact) mass is 273 g/mol. The summed E-state index contributed by atoms with van der Waals surface area (Å²) in [5, 5.41) is 0. The Morgan fingerprint density at radius 2 is 1.78 bits per heavy atom. The average molecular weight is 273 g/mol. The number of sulfone groups is 1. The number of aromatic nitrogens is 1. The van der Waals surface area contributed by atoms with Crippen LogP contribution in [0, 0.1) is 0 Å². The highest BCUT2D eigenvalue weighted by Crippen LogP contribution is 1.98.